The molecule has 1 N–H and O–H groups in total. The van der Waals surface area contributed by atoms with Crippen molar-refractivity contribution >= 4 is 29.3 Å². The maximum atomic E-state index is 12.3. The largest absolute Gasteiger partial charge is 0.479 e. The van der Waals surface area contributed by atoms with Gasteiger partial charge in [0.15, 0.2) is 6.10 Å². The van der Waals surface area contributed by atoms with E-state index in [1.807, 2.05) is 30.8 Å². The third-order valence-corrected chi connectivity index (χ3v) is 5.77. The lowest BCUT2D eigenvalue weighted by atomic mass is 10.0. The van der Waals surface area contributed by atoms with Crippen LogP contribution in [0.2, 0.25) is 5.02 Å². The molecule has 5 heteroatoms. The molecule has 1 aliphatic carbocycles. The van der Waals surface area contributed by atoms with Crippen LogP contribution in [0.5, 0.6) is 5.75 Å². The zero-order valence-electron chi connectivity index (χ0n) is 13.7. The molecule has 0 aromatic heterocycles. The van der Waals surface area contributed by atoms with Crippen LogP contribution >= 0.6 is 23.4 Å². The molecule has 1 saturated carbocycles. The van der Waals surface area contributed by atoms with Gasteiger partial charge in [0.1, 0.15) is 5.75 Å². The van der Waals surface area contributed by atoms with E-state index in [0.29, 0.717) is 23.7 Å². The van der Waals surface area contributed by atoms with Gasteiger partial charge in [-0.15, -0.1) is 0 Å². The van der Waals surface area contributed by atoms with Gasteiger partial charge in [0.05, 0.1) is 5.02 Å². The quantitative estimate of drug-likeness (QED) is 0.688. The Morgan fingerprint density at radius 2 is 2.09 bits per heavy atom. The van der Waals surface area contributed by atoms with Crippen molar-refractivity contribution in [3.8, 4) is 5.75 Å². The van der Waals surface area contributed by atoms with E-state index >= 15 is 0 Å². The highest BCUT2D eigenvalue weighted by Crippen LogP contribution is 2.28. The highest BCUT2D eigenvalue weighted by atomic mass is 35.5. The summed E-state index contributed by atoms with van der Waals surface area (Å²) >= 11 is 8.07. The van der Waals surface area contributed by atoms with Crippen molar-refractivity contribution in [2.75, 3.05) is 12.3 Å². The number of carbonyl (C=O) groups excluding carboxylic acids is 1. The fourth-order valence-corrected chi connectivity index (χ4v) is 4.16. The SMILES string of the molecule is CC[C@@H](Oc1ccccc1Cl)C(=O)NCCSC1CCCCC1. The van der Waals surface area contributed by atoms with Gasteiger partial charge in [0.25, 0.3) is 5.91 Å². The third-order valence-electron chi connectivity index (χ3n) is 4.08. The van der Waals surface area contributed by atoms with Crippen LogP contribution in [-0.4, -0.2) is 29.6 Å². The lowest BCUT2D eigenvalue weighted by Gasteiger charge is -2.21. The number of rotatable bonds is 8. The van der Waals surface area contributed by atoms with Gasteiger partial charge in [-0.3, -0.25) is 4.79 Å². The number of nitrogens with one attached hydrogen (secondary N) is 1. The summed E-state index contributed by atoms with van der Waals surface area (Å²) in [5, 5.41) is 4.30. The molecule has 2 rings (SSSR count). The Morgan fingerprint density at radius 1 is 1.35 bits per heavy atom. The van der Waals surface area contributed by atoms with Crippen LogP contribution < -0.4 is 10.1 Å². The van der Waals surface area contributed by atoms with Crippen LogP contribution in [0.3, 0.4) is 0 Å². The summed E-state index contributed by atoms with van der Waals surface area (Å²) in [6.07, 6.45) is 6.87. The highest BCUT2D eigenvalue weighted by molar-refractivity contribution is 7.99. The van der Waals surface area contributed by atoms with Crippen LogP contribution in [0.25, 0.3) is 0 Å². The van der Waals surface area contributed by atoms with Crippen molar-refractivity contribution in [2.45, 2.75) is 56.8 Å². The Hall–Kier alpha value is -0.870. The van der Waals surface area contributed by atoms with Gasteiger partial charge < -0.3 is 10.1 Å². The summed E-state index contributed by atoms with van der Waals surface area (Å²) in [6, 6.07) is 7.25. The van der Waals surface area contributed by atoms with Crippen molar-refractivity contribution in [1.82, 2.24) is 5.32 Å². The molecule has 3 nitrogen and oxygen atoms in total. The van der Waals surface area contributed by atoms with E-state index in [1.54, 1.807) is 12.1 Å². The van der Waals surface area contributed by atoms with Crippen LogP contribution in [-0.2, 0) is 4.79 Å². The van der Waals surface area contributed by atoms with E-state index in [-0.39, 0.29) is 5.91 Å². The number of para-hydroxylation sites is 1. The fourth-order valence-electron chi connectivity index (χ4n) is 2.76. The maximum Gasteiger partial charge on any atom is 0.261 e. The minimum atomic E-state index is -0.491. The number of hydrogen-bond acceptors (Lipinski definition) is 3. The van der Waals surface area contributed by atoms with E-state index in [1.165, 1.54) is 32.1 Å². The zero-order chi connectivity index (χ0) is 16.5. The van der Waals surface area contributed by atoms with Gasteiger partial charge in [0.2, 0.25) is 0 Å². The molecular weight excluding hydrogens is 330 g/mol. The lowest BCUT2D eigenvalue weighted by molar-refractivity contribution is -0.127. The minimum absolute atomic E-state index is 0.0586. The molecule has 23 heavy (non-hydrogen) atoms. The second-order valence-corrected chi connectivity index (χ2v) is 7.68. The number of ether oxygens (including phenoxy) is 1. The molecule has 1 atom stereocenters. The molecule has 0 bridgehead atoms. The molecule has 0 heterocycles. The average molecular weight is 356 g/mol. The fraction of sp³-hybridized carbons (Fsp3) is 0.611. The summed E-state index contributed by atoms with van der Waals surface area (Å²) in [5.41, 5.74) is 0. The third kappa shape index (κ3) is 6.27. The molecule has 1 aromatic rings. The molecule has 0 saturated heterocycles. The molecular formula is C18H26ClNO2S. The number of carbonyl (C=O) groups is 1. The first kappa shape index (κ1) is 18.5. The van der Waals surface area contributed by atoms with Crippen LogP contribution in [0, 0.1) is 0 Å². The van der Waals surface area contributed by atoms with Gasteiger partial charge in [-0.1, -0.05) is 49.9 Å². The summed E-state index contributed by atoms with van der Waals surface area (Å²) < 4.78 is 5.75. The van der Waals surface area contributed by atoms with Gasteiger partial charge in [-0.2, -0.15) is 11.8 Å². The summed E-state index contributed by atoms with van der Waals surface area (Å²) in [5.74, 6) is 1.48. The van der Waals surface area contributed by atoms with Crippen molar-refractivity contribution in [3.05, 3.63) is 29.3 Å². The Balaban J connectivity index is 1.71. The molecule has 0 aliphatic heterocycles. The Labute approximate surface area is 148 Å². The van der Waals surface area contributed by atoms with E-state index in [4.69, 9.17) is 16.3 Å². The van der Waals surface area contributed by atoms with Crippen molar-refractivity contribution in [1.29, 1.82) is 0 Å². The van der Waals surface area contributed by atoms with Gasteiger partial charge >= 0.3 is 0 Å². The molecule has 0 radical (unpaired) electrons. The first-order valence-electron chi connectivity index (χ1n) is 8.51. The molecule has 1 fully saturated rings. The number of halogens is 1. The van der Waals surface area contributed by atoms with Crippen LogP contribution in [0.4, 0.5) is 0 Å². The summed E-state index contributed by atoms with van der Waals surface area (Å²) in [4.78, 5) is 12.3. The van der Waals surface area contributed by atoms with Gasteiger partial charge in [0, 0.05) is 17.5 Å². The second-order valence-electron chi connectivity index (χ2n) is 5.87. The zero-order valence-corrected chi connectivity index (χ0v) is 15.3. The topological polar surface area (TPSA) is 38.3 Å². The lowest BCUT2D eigenvalue weighted by Crippen LogP contribution is -2.39. The average Bonchev–Trinajstić information content (AvgIpc) is 2.59. The van der Waals surface area contributed by atoms with Crippen LogP contribution in [0.15, 0.2) is 24.3 Å². The predicted molar refractivity (Wildman–Crippen MR) is 98.5 cm³/mol. The second kappa shape index (κ2) is 10.1. The van der Waals surface area contributed by atoms with Crippen molar-refractivity contribution in [2.24, 2.45) is 0 Å². The number of amides is 1. The smallest absolute Gasteiger partial charge is 0.261 e. The van der Waals surface area contributed by atoms with Crippen molar-refractivity contribution < 1.29 is 9.53 Å². The van der Waals surface area contributed by atoms with Gasteiger partial charge in [-0.25, -0.2) is 0 Å². The highest BCUT2D eigenvalue weighted by Gasteiger charge is 2.19. The maximum absolute atomic E-state index is 12.3. The van der Waals surface area contributed by atoms with Crippen molar-refractivity contribution in [3.63, 3.8) is 0 Å². The Morgan fingerprint density at radius 3 is 2.78 bits per heavy atom. The standard InChI is InChI=1S/C18H26ClNO2S/c1-2-16(22-17-11-7-6-10-15(17)19)18(21)20-12-13-23-14-8-4-3-5-9-14/h6-7,10-11,14,16H,2-5,8-9,12-13H2,1H3,(H,20,21)/t16-/m1/s1. The monoisotopic (exact) mass is 355 g/mol. The Kier molecular flexibility index (Phi) is 8.10. The molecule has 1 aromatic carbocycles. The van der Waals surface area contributed by atoms with E-state index in [2.05, 4.69) is 5.32 Å². The number of thioether (sulfide) groups is 1. The van der Waals surface area contributed by atoms with E-state index in [9.17, 15) is 4.79 Å². The first-order valence-corrected chi connectivity index (χ1v) is 9.94. The minimum Gasteiger partial charge on any atom is -0.479 e. The summed E-state index contributed by atoms with van der Waals surface area (Å²) in [7, 11) is 0. The molecule has 1 amide bonds. The molecule has 128 valence electrons. The first-order chi connectivity index (χ1) is 11.2. The molecule has 1 aliphatic rings. The molecule has 0 unspecified atom stereocenters. The van der Waals surface area contributed by atoms with Crippen LogP contribution in [0.1, 0.15) is 45.4 Å². The van der Waals surface area contributed by atoms with Gasteiger partial charge in [-0.05, 0) is 31.4 Å². The van der Waals surface area contributed by atoms with E-state index < -0.39 is 6.10 Å². The summed E-state index contributed by atoms with van der Waals surface area (Å²) in [6.45, 7) is 2.64. The Bertz CT molecular complexity index is 492. The normalized spacial score (nSPS) is 16.8. The predicted octanol–water partition coefficient (Wildman–Crippen LogP) is 4.68. The molecule has 0 spiro atoms. The number of benzene rings is 1. The van der Waals surface area contributed by atoms with E-state index in [0.717, 1.165) is 11.0 Å². The number of hydrogen-bond donors (Lipinski definition) is 1.